The first kappa shape index (κ1) is 18.5. The lowest BCUT2D eigenvalue weighted by atomic mass is 10.0. The standard InChI is InChI=1S/C22H18N2O2S2/c1-25-17-9-5-15(6-10-17)19-14-23-22(28-20-4-3-13-27-20)24-21(19)16-7-11-18(26-2)12-8-16/h3-14H,1-2H3. The predicted octanol–water partition coefficient (Wildman–Crippen LogP) is 6.04. The molecule has 2 heterocycles. The van der Waals surface area contributed by atoms with E-state index in [2.05, 4.69) is 16.4 Å². The fraction of sp³-hybridized carbons (Fsp3) is 0.0909. The Morgan fingerprint density at radius 3 is 2.04 bits per heavy atom. The van der Waals surface area contributed by atoms with Crippen molar-refractivity contribution in [2.75, 3.05) is 14.2 Å². The first-order chi connectivity index (χ1) is 13.8. The molecule has 0 N–H and O–H groups in total. The molecule has 4 nitrogen and oxygen atoms in total. The van der Waals surface area contributed by atoms with Crippen molar-refractivity contribution in [2.45, 2.75) is 9.37 Å². The van der Waals surface area contributed by atoms with Crippen LogP contribution in [0.4, 0.5) is 0 Å². The Hall–Kier alpha value is -2.83. The van der Waals surface area contributed by atoms with Crippen molar-refractivity contribution in [1.82, 2.24) is 9.97 Å². The Labute approximate surface area is 172 Å². The van der Waals surface area contributed by atoms with Crippen LogP contribution in [0.15, 0.2) is 81.6 Å². The van der Waals surface area contributed by atoms with Gasteiger partial charge in [0.1, 0.15) is 11.5 Å². The highest BCUT2D eigenvalue weighted by Crippen LogP contribution is 2.35. The molecule has 0 spiro atoms. The number of rotatable bonds is 6. The maximum atomic E-state index is 5.29. The molecule has 2 aromatic heterocycles. The number of nitrogens with zero attached hydrogens (tertiary/aromatic N) is 2. The molecule has 0 saturated carbocycles. The summed E-state index contributed by atoms with van der Waals surface area (Å²) in [6.07, 6.45) is 1.89. The average Bonchev–Trinajstić information content (AvgIpc) is 3.27. The molecule has 0 aliphatic rings. The molecule has 0 saturated heterocycles. The second kappa shape index (κ2) is 8.46. The van der Waals surface area contributed by atoms with Crippen LogP contribution in [0.25, 0.3) is 22.4 Å². The summed E-state index contributed by atoms with van der Waals surface area (Å²) >= 11 is 3.25. The van der Waals surface area contributed by atoms with E-state index < -0.39 is 0 Å². The Kier molecular flexibility index (Phi) is 5.60. The minimum absolute atomic E-state index is 0.727. The summed E-state index contributed by atoms with van der Waals surface area (Å²) in [6.45, 7) is 0. The molecule has 0 radical (unpaired) electrons. The molecule has 0 aliphatic carbocycles. The van der Waals surface area contributed by atoms with Crippen molar-refractivity contribution in [1.29, 1.82) is 0 Å². The molecule has 6 heteroatoms. The van der Waals surface area contributed by atoms with Crippen molar-refractivity contribution in [3.05, 3.63) is 72.2 Å². The van der Waals surface area contributed by atoms with Crippen LogP contribution in [-0.4, -0.2) is 24.2 Å². The van der Waals surface area contributed by atoms with Gasteiger partial charge in [-0.1, -0.05) is 18.2 Å². The predicted molar refractivity (Wildman–Crippen MR) is 114 cm³/mol. The maximum absolute atomic E-state index is 5.29. The van der Waals surface area contributed by atoms with E-state index >= 15 is 0 Å². The molecule has 0 amide bonds. The first-order valence-corrected chi connectivity index (χ1v) is 10.3. The second-order valence-electron chi connectivity index (χ2n) is 5.91. The number of methoxy groups -OCH3 is 2. The number of hydrogen-bond donors (Lipinski definition) is 0. The van der Waals surface area contributed by atoms with Gasteiger partial charge in [-0.25, -0.2) is 9.97 Å². The van der Waals surface area contributed by atoms with Crippen LogP contribution in [0.3, 0.4) is 0 Å². The average molecular weight is 407 g/mol. The minimum atomic E-state index is 0.727. The smallest absolute Gasteiger partial charge is 0.193 e. The fourth-order valence-corrected chi connectivity index (χ4v) is 4.38. The van der Waals surface area contributed by atoms with Gasteiger partial charge in [-0.2, -0.15) is 0 Å². The zero-order valence-corrected chi connectivity index (χ0v) is 17.1. The van der Waals surface area contributed by atoms with Gasteiger partial charge in [-0.3, -0.25) is 0 Å². The van der Waals surface area contributed by atoms with E-state index in [4.69, 9.17) is 14.5 Å². The lowest BCUT2D eigenvalue weighted by Gasteiger charge is -2.11. The highest BCUT2D eigenvalue weighted by atomic mass is 32.2. The number of hydrogen-bond acceptors (Lipinski definition) is 6. The summed E-state index contributed by atoms with van der Waals surface area (Å²) in [5.41, 5.74) is 3.92. The maximum Gasteiger partial charge on any atom is 0.193 e. The zero-order chi connectivity index (χ0) is 19.3. The lowest BCUT2D eigenvalue weighted by Crippen LogP contribution is -1.95. The quantitative estimate of drug-likeness (QED) is 0.365. The van der Waals surface area contributed by atoms with Gasteiger partial charge >= 0.3 is 0 Å². The molecule has 2 aromatic carbocycles. The van der Waals surface area contributed by atoms with E-state index in [9.17, 15) is 0 Å². The minimum Gasteiger partial charge on any atom is -0.497 e. The van der Waals surface area contributed by atoms with Crippen LogP contribution in [0.2, 0.25) is 0 Å². The molecule has 4 rings (SSSR count). The molecule has 4 aromatic rings. The molecule has 0 unspecified atom stereocenters. The monoisotopic (exact) mass is 406 g/mol. The Balaban J connectivity index is 1.78. The topological polar surface area (TPSA) is 44.2 Å². The van der Waals surface area contributed by atoms with Gasteiger partial charge in [0.2, 0.25) is 0 Å². The zero-order valence-electron chi connectivity index (χ0n) is 15.5. The summed E-state index contributed by atoms with van der Waals surface area (Å²) in [5, 5.41) is 2.78. The largest absolute Gasteiger partial charge is 0.497 e. The van der Waals surface area contributed by atoms with E-state index in [0.29, 0.717) is 0 Å². The van der Waals surface area contributed by atoms with Gasteiger partial charge in [0, 0.05) is 17.3 Å². The van der Waals surface area contributed by atoms with Crippen molar-refractivity contribution in [3.8, 4) is 33.9 Å². The van der Waals surface area contributed by atoms with E-state index in [0.717, 1.165) is 43.2 Å². The van der Waals surface area contributed by atoms with Crippen LogP contribution in [0.1, 0.15) is 0 Å². The summed E-state index contributed by atoms with van der Waals surface area (Å²) in [4.78, 5) is 9.47. The highest BCUT2D eigenvalue weighted by Gasteiger charge is 2.13. The molecular weight excluding hydrogens is 388 g/mol. The highest BCUT2D eigenvalue weighted by molar-refractivity contribution is 8.01. The first-order valence-electron chi connectivity index (χ1n) is 8.64. The van der Waals surface area contributed by atoms with E-state index in [1.165, 1.54) is 0 Å². The van der Waals surface area contributed by atoms with Gasteiger partial charge in [0.05, 0.1) is 24.1 Å². The van der Waals surface area contributed by atoms with Gasteiger partial charge in [0.25, 0.3) is 0 Å². The van der Waals surface area contributed by atoms with Crippen LogP contribution in [-0.2, 0) is 0 Å². The third-order valence-electron chi connectivity index (χ3n) is 4.22. The van der Waals surface area contributed by atoms with Gasteiger partial charge < -0.3 is 9.47 Å². The summed E-state index contributed by atoms with van der Waals surface area (Å²) < 4.78 is 11.7. The van der Waals surface area contributed by atoms with E-state index in [1.807, 2.05) is 60.8 Å². The van der Waals surface area contributed by atoms with Gasteiger partial charge in [-0.05, 0) is 65.2 Å². The Morgan fingerprint density at radius 1 is 0.821 bits per heavy atom. The van der Waals surface area contributed by atoms with Crippen molar-refractivity contribution < 1.29 is 9.47 Å². The fourth-order valence-electron chi connectivity index (χ4n) is 2.78. The van der Waals surface area contributed by atoms with E-state index in [-0.39, 0.29) is 0 Å². The number of ether oxygens (including phenoxy) is 2. The Bertz CT molecular complexity index is 1050. The normalized spacial score (nSPS) is 10.6. The van der Waals surface area contributed by atoms with Crippen LogP contribution in [0.5, 0.6) is 11.5 Å². The molecule has 0 atom stereocenters. The van der Waals surface area contributed by atoms with Crippen LogP contribution >= 0.6 is 23.1 Å². The summed E-state index contributed by atoms with van der Waals surface area (Å²) in [7, 11) is 3.33. The molecule has 28 heavy (non-hydrogen) atoms. The van der Waals surface area contributed by atoms with Crippen LogP contribution < -0.4 is 9.47 Å². The molecule has 0 aliphatic heterocycles. The van der Waals surface area contributed by atoms with Crippen LogP contribution in [0, 0.1) is 0 Å². The molecular formula is C22H18N2O2S2. The van der Waals surface area contributed by atoms with Gasteiger partial charge in [-0.15, -0.1) is 11.3 Å². The molecule has 0 fully saturated rings. The second-order valence-corrected chi connectivity index (χ2v) is 8.12. The number of benzene rings is 2. The van der Waals surface area contributed by atoms with Gasteiger partial charge in [0.15, 0.2) is 5.16 Å². The summed E-state index contributed by atoms with van der Waals surface area (Å²) in [6, 6.07) is 20.0. The Morgan fingerprint density at radius 2 is 1.46 bits per heavy atom. The van der Waals surface area contributed by atoms with Crippen molar-refractivity contribution in [2.24, 2.45) is 0 Å². The summed E-state index contributed by atoms with van der Waals surface area (Å²) in [5.74, 6) is 1.64. The third-order valence-corrected chi connectivity index (χ3v) is 6.13. The van der Waals surface area contributed by atoms with E-state index in [1.54, 1.807) is 37.3 Å². The third kappa shape index (κ3) is 4.03. The van der Waals surface area contributed by atoms with Crippen molar-refractivity contribution >= 4 is 23.1 Å². The van der Waals surface area contributed by atoms with Crippen molar-refractivity contribution in [3.63, 3.8) is 0 Å². The lowest BCUT2D eigenvalue weighted by molar-refractivity contribution is 0.414. The number of aromatic nitrogens is 2. The molecule has 0 bridgehead atoms. The molecule has 140 valence electrons. The SMILES string of the molecule is COc1ccc(-c2cnc(Sc3cccs3)nc2-c2ccc(OC)cc2)cc1. The number of thiophene rings is 1.